The van der Waals surface area contributed by atoms with Crippen LogP contribution in [-0.4, -0.2) is 23.0 Å². The van der Waals surface area contributed by atoms with Gasteiger partial charge in [0.15, 0.2) is 10.1 Å². The van der Waals surface area contributed by atoms with Crippen molar-refractivity contribution in [3.63, 3.8) is 0 Å². The van der Waals surface area contributed by atoms with Crippen LogP contribution in [-0.2, 0) is 4.74 Å². The molecule has 0 saturated heterocycles. The second kappa shape index (κ2) is 6.61. The summed E-state index contributed by atoms with van der Waals surface area (Å²) in [4.78, 5) is 0. The second-order valence-electron chi connectivity index (χ2n) is 3.46. The maximum Gasteiger partial charge on any atom is 0.257 e. The molecule has 0 aliphatic carbocycles. The highest BCUT2D eigenvalue weighted by molar-refractivity contribution is 6.26. The first-order valence-electron chi connectivity index (χ1n) is 4.57. The molecule has 0 fully saturated rings. The molecule has 0 spiro atoms. The van der Waals surface area contributed by atoms with Gasteiger partial charge in [-0.3, -0.25) is 0 Å². The molecular weight excluding hydrogens is 283 g/mol. The van der Waals surface area contributed by atoms with Crippen LogP contribution in [0.1, 0.15) is 13.8 Å². The van der Waals surface area contributed by atoms with E-state index in [9.17, 15) is 17.6 Å². The maximum absolute atomic E-state index is 11.9. The van der Waals surface area contributed by atoms with Crippen molar-refractivity contribution < 1.29 is 22.3 Å². The van der Waals surface area contributed by atoms with Gasteiger partial charge in [-0.1, -0.05) is 23.2 Å². The Morgan fingerprint density at radius 1 is 0.882 bits per heavy atom. The summed E-state index contributed by atoms with van der Waals surface area (Å²) < 4.78 is 52.6. The zero-order valence-electron chi connectivity index (χ0n) is 9.14. The Labute approximate surface area is 107 Å². The minimum absolute atomic E-state index is 0.525. The zero-order valence-corrected chi connectivity index (χ0v) is 10.7. The number of halogens is 6. The third kappa shape index (κ3) is 9.44. The highest BCUT2D eigenvalue weighted by Gasteiger charge is 2.29. The molecule has 0 saturated carbocycles. The van der Waals surface area contributed by atoms with Gasteiger partial charge in [0.2, 0.25) is 0 Å². The van der Waals surface area contributed by atoms with Crippen LogP contribution in [0, 0.1) is 0 Å². The van der Waals surface area contributed by atoms with E-state index in [4.69, 9.17) is 27.9 Å². The molecule has 0 radical (unpaired) electrons. The highest BCUT2D eigenvalue weighted by Crippen LogP contribution is 2.30. The van der Waals surface area contributed by atoms with Crippen molar-refractivity contribution in [2.45, 2.75) is 36.8 Å². The minimum Gasteiger partial charge on any atom is -0.331 e. The Hall–Kier alpha value is -0.260. The molecule has 1 nitrogen and oxygen atoms in total. The van der Waals surface area contributed by atoms with E-state index in [0.717, 1.165) is 12.2 Å². The van der Waals surface area contributed by atoms with Gasteiger partial charge in [0.05, 0.1) is 0 Å². The first kappa shape index (κ1) is 16.7. The third-order valence-electron chi connectivity index (χ3n) is 1.48. The van der Waals surface area contributed by atoms with Crippen molar-refractivity contribution in [1.29, 1.82) is 0 Å². The largest absolute Gasteiger partial charge is 0.331 e. The molecule has 2 unspecified atom stereocenters. The van der Waals surface area contributed by atoms with E-state index in [-0.39, 0.29) is 0 Å². The van der Waals surface area contributed by atoms with E-state index in [0.29, 0.717) is 12.2 Å². The van der Waals surface area contributed by atoms with Gasteiger partial charge in [0.1, 0.15) is 0 Å². The first-order chi connectivity index (χ1) is 7.54. The fourth-order valence-corrected chi connectivity index (χ4v) is 1.45. The van der Waals surface area contributed by atoms with Crippen molar-refractivity contribution in [3.05, 3.63) is 24.3 Å². The number of rotatable bonds is 6. The summed E-state index contributed by atoms with van der Waals surface area (Å²) in [5, 5.41) is -3.22. The van der Waals surface area contributed by atoms with E-state index >= 15 is 0 Å². The smallest absolute Gasteiger partial charge is 0.257 e. The van der Waals surface area contributed by atoms with Gasteiger partial charge in [-0.15, -0.1) is 0 Å². The molecule has 7 heteroatoms. The molecule has 2 atom stereocenters. The molecule has 0 aromatic heterocycles. The van der Waals surface area contributed by atoms with Gasteiger partial charge in [0.25, 0.3) is 12.9 Å². The molecule has 0 aromatic carbocycles. The molecule has 0 bridgehead atoms. The van der Waals surface area contributed by atoms with Gasteiger partial charge >= 0.3 is 0 Å². The predicted octanol–water partition coefficient (Wildman–Crippen LogP) is 4.56. The van der Waals surface area contributed by atoms with E-state index in [1.54, 1.807) is 0 Å². The number of hydrogen-bond donors (Lipinski definition) is 0. The first-order valence-corrected chi connectivity index (χ1v) is 5.33. The van der Waals surface area contributed by atoms with E-state index < -0.39 is 23.0 Å². The van der Waals surface area contributed by atoms with Gasteiger partial charge in [-0.2, -0.15) is 0 Å². The van der Waals surface area contributed by atoms with Gasteiger partial charge in [0, 0.05) is 0 Å². The van der Waals surface area contributed by atoms with Crippen LogP contribution >= 0.6 is 23.2 Å². The quantitative estimate of drug-likeness (QED) is 0.396. The van der Waals surface area contributed by atoms with E-state index in [1.807, 2.05) is 0 Å². The number of alkyl halides is 6. The van der Waals surface area contributed by atoms with Gasteiger partial charge in [-0.05, 0) is 38.2 Å². The Balaban J connectivity index is 4.58. The second-order valence-corrected chi connectivity index (χ2v) is 4.96. The Morgan fingerprint density at radius 3 is 1.41 bits per heavy atom. The predicted molar refractivity (Wildman–Crippen MR) is 59.9 cm³/mol. The topological polar surface area (TPSA) is 9.23 Å². The lowest BCUT2D eigenvalue weighted by molar-refractivity contribution is 0.00605. The maximum atomic E-state index is 11.9. The summed E-state index contributed by atoms with van der Waals surface area (Å²) in [7, 11) is 0. The fourth-order valence-electron chi connectivity index (χ4n) is 0.947. The summed E-state index contributed by atoms with van der Waals surface area (Å²) >= 11 is 11.5. The van der Waals surface area contributed by atoms with Crippen LogP contribution < -0.4 is 0 Å². The van der Waals surface area contributed by atoms with Crippen LogP contribution in [0.3, 0.4) is 0 Å². The van der Waals surface area contributed by atoms with Gasteiger partial charge < -0.3 is 4.74 Å². The lowest BCUT2D eigenvalue weighted by Crippen LogP contribution is -2.30. The average molecular weight is 295 g/mol. The van der Waals surface area contributed by atoms with E-state index in [2.05, 4.69) is 0 Å². The summed E-state index contributed by atoms with van der Waals surface area (Å²) in [6.07, 6.45) is -2.52. The zero-order chi connectivity index (χ0) is 13.7. The fraction of sp³-hybridized carbons (Fsp3) is 0.600. The van der Waals surface area contributed by atoms with Crippen LogP contribution in [0.5, 0.6) is 0 Å². The molecule has 0 aliphatic rings. The van der Waals surface area contributed by atoms with Crippen LogP contribution in [0.2, 0.25) is 0 Å². The molecule has 100 valence electrons. The highest BCUT2D eigenvalue weighted by atomic mass is 35.5. The lowest BCUT2D eigenvalue weighted by atomic mass is 10.3. The SMILES string of the molecule is CC(Cl)(C=CC(F)F)OC(C)(Cl)C=CC(F)F. The molecule has 0 heterocycles. The number of allylic oxidation sites excluding steroid dienone is 2. The van der Waals surface area contributed by atoms with E-state index in [1.165, 1.54) is 13.8 Å². The van der Waals surface area contributed by atoms with Crippen LogP contribution in [0.4, 0.5) is 17.6 Å². The van der Waals surface area contributed by atoms with Crippen molar-refractivity contribution >= 4 is 23.2 Å². The summed E-state index contributed by atoms with van der Waals surface area (Å²) in [5.74, 6) is 0. The minimum atomic E-state index is -2.69. The summed E-state index contributed by atoms with van der Waals surface area (Å²) in [6, 6.07) is 0. The monoisotopic (exact) mass is 294 g/mol. The van der Waals surface area contributed by atoms with Crippen LogP contribution in [0.25, 0.3) is 0 Å². The van der Waals surface area contributed by atoms with Crippen molar-refractivity contribution in [1.82, 2.24) is 0 Å². The van der Waals surface area contributed by atoms with Crippen molar-refractivity contribution in [2.24, 2.45) is 0 Å². The normalized spacial score (nSPS) is 20.4. The third-order valence-corrected chi connectivity index (χ3v) is 1.88. The lowest BCUT2D eigenvalue weighted by Gasteiger charge is -2.28. The molecule has 17 heavy (non-hydrogen) atoms. The summed E-state index contributed by atoms with van der Waals surface area (Å²) in [6.45, 7) is 2.54. The number of ether oxygens (including phenoxy) is 1. The number of hydrogen-bond acceptors (Lipinski definition) is 1. The average Bonchev–Trinajstić information content (AvgIpc) is 2.10. The standard InChI is InChI=1S/C10H12Cl2F4O/c1-9(11,5-3-7(13)14)17-10(2,12)6-4-8(15)16/h3-8H,1-2H3. The summed E-state index contributed by atoms with van der Waals surface area (Å²) in [5.41, 5.74) is 0. The molecule has 0 aliphatic heterocycles. The molecule has 0 rings (SSSR count). The Bertz CT molecular complexity index is 260. The molecule has 0 amide bonds. The van der Waals surface area contributed by atoms with Crippen molar-refractivity contribution in [3.8, 4) is 0 Å². The Morgan fingerprint density at radius 2 is 1.18 bits per heavy atom. The van der Waals surface area contributed by atoms with Gasteiger partial charge in [-0.25, -0.2) is 17.6 Å². The molecule has 0 N–H and O–H groups in total. The van der Waals surface area contributed by atoms with Crippen LogP contribution in [0.15, 0.2) is 24.3 Å². The van der Waals surface area contributed by atoms with Crippen molar-refractivity contribution in [2.75, 3.05) is 0 Å². The molecule has 0 aromatic rings. The Kier molecular flexibility index (Phi) is 6.51. The molecular formula is C10H12Cl2F4O.